The predicted molar refractivity (Wildman–Crippen MR) is 100 cm³/mol. The van der Waals surface area contributed by atoms with Crippen molar-refractivity contribution in [3.05, 3.63) is 71.3 Å². The molecule has 1 saturated heterocycles. The van der Waals surface area contributed by atoms with E-state index in [9.17, 15) is 18.0 Å². The zero-order chi connectivity index (χ0) is 19.8. The lowest BCUT2D eigenvalue weighted by Gasteiger charge is -2.32. The first kappa shape index (κ1) is 19.0. The van der Waals surface area contributed by atoms with Crippen molar-refractivity contribution < 1.29 is 18.0 Å². The number of carbonyl (C=O) groups is 1. The molecule has 4 rings (SSSR count). The number of likely N-dealkylation sites (tertiary alicyclic amines) is 1. The monoisotopic (exact) mass is 388 g/mol. The fourth-order valence-electron chi connectivity index (χ4n) is 4.41. The van der Waals surface area contributed by atoms with Crippen LogP contribution in [0.3, 0.4) is 0 Å². The lowest BCUT2D eigenvalue weighted by molar-refractivity contribution is -0.218. The molecule has 0 aromatic heterocycles. The van der Waals surface area contributed by atoms with Crippen LogP contribution >= 0.6 is 0 Å². The smallest absolute Gasteiger partial charge is 0.348 e. The predicted octanol–water partition coefficient (Wildman–Crippen LogP) is 4.24. The third-order valence-corrected chi connectivity index (χ3v) is 6.01. The summed E-state index contributed by atoms with van der Waals surface area (Å²) in [5.74, 6) is -0.891. The van der Waals surface area contributed by atoms with E-state index in [0.717, 1.165) is 23.1 Å². The third-order valence-electron chi connectivity index (χ3n) is 6.01. The standard InChI is InChI=1S/C22H23F3N2O/c23-22(24,25)21(12-13-27(15-21)14-16-6-2-1-3-7-16)20(28)26-19-11-10-17-8-4-5-9-18(17)19/h1-9,19H,10-15H2,(H,26,28)/t19-,21-/m1/s1. The van der Waals surface area contributed by atoms with Gasteiger partial charge in [0.05, 0.1) is 6.04 Å². The molecule has 2 atom stereocenters. The summed E-state index contributed by atoms with van der Waals surface area (Å²) in [5.41, 5.74) is 0.642. The second kappa shape index (κ2) is 7.24. The van der Waals surface area contributed by atoms with Crippen molar-refractivity contribution in [1.82, 2.24) is 10.2 Å². The summed E-state index contributed by atoms with van der Waals surface area (Å²) in [5, 5.41) is 2.72. The van der Waals surface area contributed by atoms with Gasteiger partial charge in [-0.3, -0.25) is 9.69 Å². The van der Waals surface area contributed by atoms with E-state index in [1.165, 1.54) is 0 Å². The van der Waals surface area contributed by atoms with Crippen molar-refractivity contribution in [3.8, 4) is 0 Å². The highest BCUT2D eigenvalue weighted by Crippen LogP contribution is 2.47. The van der Waals surface area contributed by atoms with E-state index in [1.54, 1.807) is 4.90 Å². The van der Waals surface area contributed by atoms with Crippen LogP contribution in [0.1, 0.15) is 35.6 Å². The molecular weight excluding hydrogens is 365 g/mol. The van der Waals surface area contributed by atoms with Crippen LogP contribution in [0, 0.1) is 5.41 Å². The zero-order valence-corrected chi connectivity index (χ0v) is 15.5. The van der Waals surface area contributed by atoms with Gasteiger partial charge in [0.2, 0.25) is 5.91 Å². The van der Waals surface area contributed by atoms with Gasteiger partial charge >= 0.3 is 6.18 Å². The van der Waals surface area contributed by atoms with Crippen LogP contribution in [0.25, 0.3) is 0 Å². The summed E-state index contributed by atoms with van der Waals surface area (Å²) >= 11 is 0. The molecule has 2 aromatic carbocycles. The lowest BCUT2D eigenvalue weighted by Crippen LogP contribution is -2.52. The highest BCUT2D eigenvalue weighted by molar-refractivity contribution is 5.84. The minimum Gasteiger partial charge on any atom is -0.348 e. The van der Waals surface area contributed by atoms with Gasteiger partial charge in [0.25, 0.3) is 0 Å². The van der Waals surface area contributed by atoms with Gasteiger partial charge in [0.1, 0.15) is 0 Å². The molecule has 1 aliphatic heterocycles. The first-order chi connectivity index (χ1) is 13.4. The average Bonchev–Trinajstić information content (AvgIpc) is 3.28. The van der Waals surface area contributed by atoms with Crippen LogP contribution < -0.4 is 5.32 Å². The third kappa shape index (κ3) is 3.41. The Morgan fingerprint density at radius 1 is 1.11 bits per heavy atom. The van der Waals surface area contributed by atoms with Crippen molar-refractivity contribution in [2.75, 3.05) is 13.1 Å². The maximum Gasteiger partial charge on any atom is 0.404 e. The number of hydrogen-bond donors (Lipinski definition) is 1. The van der Waals surface area contributed by atoms with Crippen molar-refractivity contribution in [2.45, 2.75) is 38.0 Å². The zero-order valence-electron chi connectivity index (χ0n) is 15.5. The van der Waals surface area contributed by atoms with Crippen molar-refractivity contribution >= 4 is 5.91 Å². The molecule has 6 heteroatoms. The molecule has 1 heterocycles. The topological polar surface area (TPSA) is 32.3 Å². The van der Waals surface area contributed by atoms with Crippen molar-refractivity contribution in [1.29, 1.82) is 0 Å². The number of aryl methyl sites for hydroxylation is 1. The Kier molecular flexibility index (Phi) is 4.91. The largest absolute Gasteiger partial charge is 0.404 e. The molecule has 0 bridgehead atoms. The Labute approximate surface area is 162 Å². The maximum absolute atomic E-state index is 14.1. The minimum atomic E-state index is -4.58. The Hall–Kier alpha value is -2.34. The number of rotatable bonds is 4. The molecule has 0 spiro atoms. The van der Waals surface area contributed by atoms with Crippen LogP contribution in [0.15, 0.2) is 54.6 Å². The molecule has 148 valence electrons. The van der Waals surface area contributed by atoms with Crippen LogP contribution in [0.5, 0.6) is 0 Å². The Morgan fingerprint density at radius 3 is 2.57 bits per heavy atom. The van der Waals surface area contributed by atoms with E-state index in [-0.39, 0.29) is 25.6 Å². The second-order valence-electron chi connectivity index (χ2n) is 7.79. The van der Waals surface area contributed by atoms with Crippen LogP contribution in [-0.2, 0) is 17.8 Å². The molecule has 1 N–H and O–H groups in total. The molecule has 28 heavy (non-hydrogen) atoms. The Bertz CT molecular complexity index is 852. The molecular formula is C22H23F3N2O. The number of amides is 1. The van der Waals surface area contributed by atoms with Crippen LogP contribution in [0.2, 0.25) is 0 Å². The quantitative estimate of drug-likeness (QED) is 0.850. The Morgan fingerprint density at radius 2 is 1.82 bits per heavy atom. The number of halogens is 3. The Balaban J connectivity index is 1.51. The second-order valence-corrected chi connectivity index (χ2v) is 7.79. The average molecular weight is 388 g/mol. The van der Waals surface area contributed by atoms with Crippen LogP contribution in [0.4, 0.5) is 13.2 Å². The number of fused-ring (bicyclic) bond motifs is 1. The van der Waals surface area contributed by atoms with Gasteiger partial charge in [-0.15, -0.1) is 0 Å². The van der Waals surface area contributed by atoms with E-state index in [4.69, 9.17) is 0 Å². The molecule has 2 aromatic rings. The van der Waals surface area contributed by atoms with E-state index >= 15 is 0 Å². The number of nitrogens with zero attached hydrogens (tertiary/aromatic N) is 1. The molecule has 1 amide bonds. The van der Waals surface area contributed by atoms with Gasteiger partial charge in [-0.2, -0.15) is 13.2 Å². The van der Waals surface area contributed by atoms with Gasteiger partial charge in [-0.1, -0.05) is 54.6 Å². The van der Waals surface area contributed by atoms with E-state index in [2.05, 4.69) is 5.32 Å². The number of carbonyl (C=O) groups excluding carboxylic acids is 1. The van der Waals surface area contributed by atoms with Gasteiger partial charge < -0.3 is 5.32 Å². The van der Waals surface area contributed by atoms with Gasteiger partial charge in [0.15, 0.2) is 5.41 Å². The minimum absolute atomic E-state index is 0.205. The lowest BCUT2D eigenvalue weighted by atomic mass is 9.84. The fraction of sp³-hybridized carbons (Fsp3) is 0.409. The van der Waals surface area contributed by atoms with Crippen molar-refractivity contribution in [3.63, 3.8) is 0 Å². The van der Waals surface area contributed by atoms with E-state index in [1.807, 2.05) is 54.6 Å². The maximum atomic E-state index is 14.1. The summed E-state index contributed by atoms with van der Waals surface area (Å²) in [6.07, 6.45) is -3.36. The van der Waals surface area contributed by atoms with Gasteiger partial charge in [-0.05, 0) is 42.5 Å². The molecule has 1 fully saturated rings. The normalized spacial score (nSPS) is 24.9. The highest BCUT2D eigenvalue weighted by atomic mass is 19.4. The molecule has 1 aliphatic carbocycles. The summed E-state index contributed by atoms with van der Waals surface area (Å²) in [6.45, 7) is 0.368. The van der Waals surface area contributed by atoms with Gasteiger partial charge in [0, 0.05) is 13.1 Å². The summed E-state index contributed by atoms with van der Waals surface area (Å²) < 4.78 is 42.2. The molecule has 0 saturated carbocycles. The summed E-state index contributed by atoms with van der Waals surface area (Å²) in [6, 6.07) is 16.7. The first-order valence-electron chi connectivity index (χ1n) is 9.61. The summed E-state index contributed by atoms with van der Waals surface area (Å²) in [4.78, 5) is 14.6. The molecule has 3 nitrogen and oxygen atoms in total. The first-order valence-corrected chi connectivity index (χ1v) is 9.61. The van der Waals surface area contributed by atoms with Crippen molar-refractivity contribution in [2.24, 2.45) is 5.41 Å². The molecule has 0 radical (unpaired) electrons. The van der Waals surface area contributed by atoms with E-state index in [0.29, 0.717) is 13.0 Å². The summed E-state index contributed by atoms with van der Waals surface area (Å²) in [7, 11) is 0. The molecule has 2 aliphatic rings. The van der Waals surface area contributed by atoms with Gasteiger partial charge in [-0.25, -0.2) is 0 Å². The number of nitrogens with one attached hydrogen (secondary N) is 1. The molecule has 0 unspecified atom stereocenters. The number of hydrogen-bond acceptors (Lipinski definition) is 2. The number of alkyl halides is 3. The fourth-order valence-corrected chi connectivity index (χ4v) is 4.41. The number of benzene rings is 2. The van der Waals surface area contributed by atoms with E-state index < -0.39 is 17.5 Å². The SMILES string of the molecule is O=C(N[C@@H]1CCc2ccccc21)[C@@]1(C(F)(F)F)CCN(Cc2ccccc2)C1. The van der Waals surface area contributed by atoms with Crippen LogP contribution in [-0.4, -0.2) is 30.1 Å². The highest BCUT2D eigenvalue weighted by Gasteiger charge is 2.63.